The molecule has 1 aromatic carbocycles. The normalized spacial score (nSPS) is 11.9. The van der Waals surface area contributed by atoms with Gasteiger partial charge >= 0.3 is 11.0 Å². The Bertz CT molecular complexity index is 607. The van der Waals surface area contributed by atoms with Crippen LogP contribution in [0.15, 0.2) is 46.2 Å². The van der Waals surface area contributed by atoms with Gasteiger partial charge in [0, 0.05) is 5.56 Å². The number of benzene rings is 1. The molecule has 7 heteroatoms. The number of halogens is 2. The Labute approximate surface area is 95.8 Å². The topological polar surface area (TPSA) is 60.2 Å². The summed E-state index contributed by atoms with van der Waals surface area (Å²) in [5, 5.41) is -0.966. The predicted molar refractivity (Wildman–Crippen MR) is 55.1 cm³/mol. The van der Waals surface area contributed by atoms with E-state index < -0.39 is 20.8 Å². The van der Waals surface area contributed by atoms with E-state index in [0.717, 1.165) is 6.20 Å². The second-order valence-electron chi connectivity index (χ2n) is 3.16. The number of hydrogen-bond acceptors (Lipinski definition) is 4. The predicted octanol–water partition coefficient (Wildman–Crippen LogP) is 2.34. The Balaban J connectivity index is 2.42. The van der Waals surface area contributed by atoms with Crippen LogP contribution in [0.5, 0.6) is 0 Å². The van der Waals surface area contributed by atoms with E-state index in [2.05, 4.69) is 4.98 Å². The summed E-state index contributed by atoms with van der Waals surface area (Å²) in [5.41, 5.74) is 0.565. The van der Waals surface area contributed by atoms with E-state index in [1.165, 1.54) is 0 Å². The first-order chi connectivity index (χ1) is 8.01. The third-order valence-corrected chi connectivity index (χ3v) is 3.17. The van der Waals surface area contributed by atoms with Crippen molar-refractivity contribution in [1.82, 2.24) is 4.98 Å². The van der Waals surface area contributed by atoms with Crippen molar-refractivity contribution < 1.29 is 21.6 Å². The molecule has 2 rings (SSSR count). The van der Waals surface area contributed by atoms with E-state index in [-0.39, 0.29) is 5.76 Å². The maximum absolute atomic E-state index is 12.2. The molecule has 0 fully saturated rings. The number of nitrogens with zero attached hydrogens (tertiary/aromatic N) is 1. The second kappa shape index (κ2) is 4.25. The highest BCUT2D eigenvalue weighted by molar-refractivity contribution is 7.91. The zero-order valence-corrected chi connectivity index (χ0v) is 9.19. The molecule has 0 bridgehead atoms. The first-order valence-corrected chi connectivity index (χ1v) is 6.10. The molecule has 1 aromatic heterocycles. The van der Waals surface area contributed by atoms with E-state index in [9.17, 15) is 17.2 Å². The molecule has 17 heavy (non-hydrogen) atoms. The number of oxazole rings is 1. The van der Waals surface area contributed by atoms with Gasteiger partial charge in [-0.25, -0.2) is 13.4 Å². The average molecular weight is 259 g/mol. The lowest BCUT2D eigenvalue weighted by atomic mass is 10.2. The lowest BCUT2D eigenvalue weighted by Crippen LogP contribution is -2.11. The fourth-order valence-electron chi connectivity index (χ4n) is 1.20. The molecule has 1 heterocycles. The second-order valence-corrected chi connectivity index (χ2v) is 4.96. The van der Waals surface area contributed by atoms with E-state index in [0.29, 0.717) is 5.56 Å². The van der Waals surface area contributed by atoms with E-state index >= 15 is 0 Å². The number of rotatable bonds is 3. The highest BCUT2D eigenvalue weighted by Gasteiger charge is 2.32. The fourth-order valence-corrected chi connectivity index (χ4v) is 1.76. The van der Waals surface area contributed by atoms with Gasteiger partial charge in [-0.1, -0.05) is 30.3 Å². The summed E-state index contributed by atoms with van der Waals surface area (Å²) >= 11 is 0. The number of sulfone groups is 1. The molecular weight excluding hydrogens is 252 g/mol. The van der Waals surface area contributed by atoms with Crippen molar-refractivity contribution in [2.24, 2.45) is 0 Å². The van der Waals surface area contributed by atoms with Gasteiger partial charge in [0.2, 0.25) is 0 Å². The molecule has 0 aliphatic heterocycles. The summed E-state index contributed by atoms with van der Waals surface area (Å²) < 4.78 is 51.4. The van der Waals surface area contributed by atoms with Crippen LogP contribution in [0.4, 0.5) is 8.78 Å². The number of hydrogen-bond donors (Lipinski definition) is 0. The standard InChI is InChI=1S/C10H7F2NO3S/c11-9(12)17(14,15)10-13-6-8(16-10)7-4-2-1-3-5-7/h1-6,9H. The van der Waals surface area contributed by atoms with Gasteiger partial charge in [0.1, 0.15) is 0 Å². The lowest BCUT2D eigenvalue weighted by Gasteiger charge is -1.97. The average Bonchev–Trinajstić information content (AvgIpc) is 2.80. The van der Waals surface area contributed by atoms with Gasteiger partial charge in [-0.2, -0.15) is 8.78 Å². The molecule has 0 amide bonds. The van der Waals surface area contributed by atoms with Crippen LogP contribution in [-0.4, -0.2) is 19.2 Å². The molecule has 0 saturated heterocycles. The van der Waals surface area contributed by atoms with Gasteiger partial charge < -0.3 is 4.42 Å². The third-order valence-electron chi connectivity index (χ3n) is 2.02. The monoisotopic (exact) mass is 259 g/mol. The van der Waals surface area contributed by atoms with Crippen LogP contribution in [0.1, 0.15) is 0 Å². The summed E-state index contributed by atoms with van der Waals surface area (Å²) in [5.74, 6) is -3.41. The molecule has 90 valence electrons. The summed E-state index contributed by atoms with van der Waals surface area (Å²) in [6, 6.07) is 8.48. The first kappa shape index (κ1) is 11.7. The largest absolute Gasteiger partial charge is 0.428 e. The summed E-state index contributed by atoms with van der Waals surface area (Å²) in [6.45, 7) is 0. The molecule has 0 saturated carbocycles. The van der Waals surface area contributed by atoms with Crippen molar-refractivity contribution in [3.05, 3.63) is 36.5 Å². The van der Waals surface area contributed by atoms with Crippen LogP contribution >= 0.6 is 0 Å². The molecule has 0 aliphatic rings. The minimum absolute atomic E-state index is 0.129. The van der Waals surface area contributed by atoms with Crippen LogP contribution in [0.3, 0.4) is 0 Å². The van der Waals surface area contributed by atoms with Gasteiger partial charge in [0.15, 0.2) is 5.76 Å². The minimum atomic E-state index is -4.78. The molecule has 0 spiro atoms. The zero-order valence-electron chi connectivity index (χ0n) is 8.38. The van der Waals surface area contributed by atoms with Crippen molar-refractivity contribution in [2.75, 3.05) is 0 Å². The van der Waals surface area contributed by atoms with E-state index in [1.807, 2.05) is 0 Å². The summed E-state index contributed by atoms with van der Waals surface area (Å²) in [4.78, 5) is 3.35. The van der Waals surface area contributed by atoms with Crippen LogP contribution < -0.4 is 0 Å². The Morgan fingerprint density at radius 1 is 1.18 bits per heavy atom. The van der Waals surface area contributed by atoms with Gasteiger partial charge in [0.05, 0.1) is 6.20 Å². The van der Waals surface area contributed by atoms with Crippen LogP contribution in [0.25, 0.3) is 11.3 Å². The SMILES string of the molecule is O=S(=O)(c1ncc(-c2ccccc2)o1)C(F)F. The zero-order chi connectivity index (χ0) is 12.5. The Morgan fingerprint density at radius 3 is 2.41 bits per heavy atom. The molecular formula is C10H7F2NO3S. The van der Waals surface area contributed by atoms with E-state index in [4.69, 9.17) is 4.42 Å². The van der Waals surface area contributed by atoms with Gasteiger partial charge in [-0.05, 0) is 0 Å². The fraction of sp³-hybridized carbons (Fsp3) is 0.100. The van der Waals surface area contributed by atoms with Crippen LogP contribution in [0, 0.1) is 0 Å². The molecule has 4 nitrogen and oxygen atoms in total. The summed E-state index contributed by atoms with van der Waals surface area (Å²) in [7, 11) is -4.78. The number of alkyl halides is 2. The van der Waals surface area contributed by atoms with Gasteiger partial charge in [-0.3, -0.25) is 0 Å². The Morgan fingerprint density at radius 2 is 1.82 bits per heavy atom. The molecule has 0 atom stereocenters. The van der Waals surface area contributed by atoms with E-state index in [1.54, 1.807) is 30.3 Å². The van der Waals surface area contributed by atoms with Gasteiger partial charge in [-0.15, -0.1) is 0 Å². The highest BCUT2D eigenvalue weighted by Crippen LogP contribution is 2.24. The lowest BCUT2D eigenvalue weighted by molar-refractivity contribution is 0.229. The quantitative estimate of drug-likeness (QED) is 0.848. The van der Waals surface area contributed by atoms with Crippen molar-refractivity contribution >= 4 is 9.84 Å². The third kappa shape index (κ3) is 2.19. The molecule has 0 unspecified atom stereocenters. The van der Waals surface area contributed by atoms with Crippen molar-refractivity contribution in [2.45, 2.75) is 11.0 Å². The van der Waals surface area contributed by atoms with Crippen LogP contribution in [-0.2, 0) is 9.84 Å². The molecule has 2 aromatic rings. The number of aromatic nitrogens is 1. The maximum Gasteiger partial charge on any atom is 0.345 e. The van der Waals surface area contributed by atoms with Crippen molar-refractivity contribution in [3.63, 3.8) is 0 Å². The highest BCUT2D eigenvalue weighted by atomic mass is 32.2. The van der Waals surface area contributed by atoms with Gasteiger partial charge in [0.25, 0.3) is 9.84 Å². The van der Waals surface area contributed by atoms with Crippen LogP contribution in [0.2, 0.25) is 0 Å². The van der Waals surface area contributed by atoms with Crippen molar-refractivity contribution in [1.29, 1.82) is 0 Å². The molecule has 0 radical (unpaired) electrons. The smallest absolute Gasteiger partial charge is 0.345 e. The first-order valence-electron chi connectivity index (χ1n) is 4.55. The summed E-state index contributed by atoms with van der Waals surface area (Å²) in [6.07, 6.45) is 1.10. The molecule has 0 aliphatic carbocycles. The maximum atomic E-state index is 12.2. The minimum Gasteiger partial charge on any atom is -0.428 e. The molecule has 0 N–H and O–H groups in total. The van der Waals surface area contributed by atoms with Crippen molar-refractivity contribution in [3.8, 4) is 11.3 Å². The Hall–Kier alpha value is -1.76. The Kier molecular flexibility index (Phi) is 2.93.